The van der Waals surface area contributed by atoms with Crippen molar-refractivity contribution in [3.05, 3.63) is 12.2 Å². The molecule has 4 rings (SSSR count). The van der Waals surface area contributed by atoms with Crippen LogP contribution in [0, 0.1) is 23.7 Å². The fourth-order valence-corrected chi connectivity index (χ4v) is 5.68. The molecule has 9 nitrogen and oxygen atoms in total. The van der Waals surface area contributed by atoms with Gasteiger partial charge in [0.25, 0.3) is 21.9 Å². The van der Waals surface area contributed by atoms with Gasteiger partial charge in [0.05, 0.1) is 24.2 Å². The number of carbonyl (C=O) groups is 3. The van der Waals surface area contributed by atoms with Crippen LogP contribution in [0.15, 0.2) is 12.2 Å². The van der Waals surface area contributed by atoms with Gasteiger partial charge in [-0.2, -0.15) is 8.42 Å². The first kappa shape index (κ1) is 22.9. The second kappa shape index (κ2) is 8.39. The highest BCUT2D eigenvalue weighted by Gasteiger charge is 2.53. The minimum absolute atomic E-state index is 0.116. The molecule has 1 aliphatic heterocycles. The van der Waals surface area contributed by atoms with Crippen LogP contribution in [0.25, 0.3) is 0 Å². The van der Waals surface area contributed by atoms with Crippen LogP contribution in [0.3, 0.4) is 0 Å². The third kappa shape index (κ3) is 4.60. The summed E-state index contributed by atoms with van der Waals surface area (Å²) in [4.78, 5) is 34.8. The molecule has 0 aromatic rings. The minimum Gasteiger partial charge on any atom is -0.459 e. The Morgan fingerprint density at radius 2 is 1.93 bits per heavy atom. The highest BCUT2D eigenvalue weighted by Crippen LogP contribution is 2.52. The number of nitrogens with zero attached hydrogens (tertiary/aromatic N) is 1. The van der Waals surface area contributed by atoms with E-state index in [1.165, 1.54) is 33.3 Å². The van der Waals surface area contributed by atoms with E-state index in [9.17, 15) is 22.8 Å². The van der Waals surface area contributed by atoms with Crippen molar-refractivity contribution >= 4 is 27.9 Å². The van der Waals surface area contributed by atoms with Gasteiger partial charge >= 0.3 is 5.97 Å². The van der Waals surface area contributed by atoms with Crippen molar-refractivity contribution in [1.82, 2.24) is 5.06 Å². The Morgan fingerprint density at radius 1 is 1.23 bits per heavy atom. The van der Waals surface area contributed by atoms with Crippen LogP contribution in [-0.4, -0.2) is 56.3 Å². The maximum Gasteiger partial charge on any atom is 0.303 e. The number of allylic oxidation sites excluding steroid dienone is 1. The van der Waals surface area contributed by atoms with E-state index in [-0.39, 0.29) is 11.6 Å². The smallest absolute Gasteiger partial charge is 0.303 e. The third-order valence-electron chi connectivity index (χ3n) is 6.46. The highest BCUT2D eigenvalue weighted by molar-refractivity contribution is 7.85. The van der Waals surface area contributed by atoms with Crippen molar-refractivity contribution in [2.75, 3.05) is 13.4 Å². The van der Waals surface area contributed by atoms with E-state index >= 15 is 0 Å². The molecule has 0 spiro atoms. The number of hydrogen-bond acceptors (Lipinski definition) is 8. The van der Waals surface area contributed by atoms with Crippen molar-refractivity contribution in [3.63, 3.8) is 0 Å². The Balaban J connectivity index is 0.000000184. The summed E-state index contributed by atoms with van der Waals surface area (Å²) in [6.45, 7) is 3.61. The van der Waals surface area contributed by atoms with Gasteiger partial charge in [0.1, 0.15) is 5.60 Å². The number of fused-ring (bicyclic) bond motifs is 3. The molecule has 1 saturated heterocycles. The third-order valence-corrected chi connectivity index (χ3v) is 6.88. The molecular formula is C20H29NO8S. The van der Waals surface area contributed by atoms with Crippen molar-refractivity contribution in [2.45, 2.75) is 57.7 Å². The van der Waals surface area contributed by atoms with E-state index in [0.29, 0.717) is 17.4 Å². The fourth-order valence-electron chi connectivity index (χ4n) is 5.26. The van der Waals surface area contributed by atoms with Gasteiger partial charge < -0.3 is 9.47 Å². The lowest BCUT2D eigenvalue weighted by atomic mass is 9.83. The van der Waals surface area contributed by atoms with Crippen molar-refractivity contribution in [2.24, 2.45) is 23.7 Å². The van der Waals surface area contributed by atoms with Crippen LogP contribution in [0.4, 0.5) is 0 Å². The molecule has 1 heterocycles. The van der Waals surface area contributed by atoms with Crippen LogP contribution in [0.2, 0.25) is 0 Å². The lowest BCUT2D eigenvalue weighted by Crippen LogP contribution is -2.36. The van der Waals surface area contributed by atoms with Crippen molar-refractivity contribution in [3.8, 4) is 0 Å². The Hall–Kier alpha value is -1.78. The van der Waals surface area contributed by atoms with Gasteiger partial charge in [0.2, 0.25) is 0 Å². The summed E-state index contributed by atoms with van der Waals surface area (Å²) in [6, 6.07) is 0. The average Bonchev–Trinajstić information content (AvgIpc) is 3.29. The van der Waals surface area contributed by atoms with Crippen molar-refractivity contribution in [1.29, 1.82) is 0 Å². The predicted molar refractivity (Wildman–Crippen MR) is 105 cm³/mol. The Labute approximate surface area is 176 Å². The number of imide groups is 1. The number of hydroxylamine groups is 2. The van der Waals surface area contributed by atoms with Crippen LogP contribution in [0.1, 0.15) is 46.0 Å². The molecule has 10 heteroatoms. The second-order valence-electron chi connectivity index (χ2n) is 8.73. The predicted octanol–water partition coefficient (Wildman–Crippen LogP) is 1.58. The normalized spacial score (nSPS) is 37.1. The first-order chi connectivity index (χ1) is 13.9. The lowest BCUT2D eigenvalue weighted by molar-refractivity contribution is -0.166. The maximum absolute atomic E-state index is 12.0. The summed E-state index contributed by atoms with van der Waals surface area (Å²) >= 11 is 0. The molecule has 2 bridgehead atoms. The molecule has 4 aliphatic rings. The lowest BCUT2D eigenvalue weighted by Gasteiger charge is -2.33. The molecule has 2 saturated carbocycles. The highest BCUT2D eigenvalue weighted by atomic mass is 32.2. The quantitative estimate of drug-likeness (QED) is 0.365. The number of rotatable bonds is 4. The fraction of sp³-hybridized carbons (Fsp3) is 0.750. The SMILES string of the molecule is CC(=O)OC1(C)CC2CCC1C2.COC1C=CCC2C(=O)N(OS(C)(=O)=O)C(=O)C12. The van der Waals surface area contributed by atoms with Crippen molar-refractivity contribution < 1.29 is 36.6 Å². The van der Waals surface area contributed by atoms with Crippen LogP contribution >= 0.6 is 0 Å². The first-order valence-corrected chi connectivity index (χ1v) is 11.9. The molecule has 6 atom stereocenters. The number of ether oxygens (including phenoxy) is 2. The number of esters is 1. The molecular weight excluding hydrogens is 414 g/mol. The monoisotopic (exact) mass is 443 g/mol. The van der Waals surface area contributed by atoms with Gasteiger partial charge in [-0.15, -0.1) is 9.35 Å². The van der Waals surface area contributed by atoms with E-state index in [0.717, 1.165) is 18.6 Å². The average molecular weight is 444 g/mol. The molecule has 3 fully saturated rings. The minimum atomic E-state index is -3.92. The van der Waals surface area contributed by atoms with Crippen LogP contribution in [-0.2, 0) is 38.3 Å². The molecule has 0 aromatic heterocycles. The molecule has 2 amide bonds. The number of carbonyl (C=O) groups excluding carboxylic acids is 3. The van der Waals surface area contributed by atoms with E-state index < -0.39 is 39.9 Å². The second-order valence-corrected chi connectivity index (χ2v) is 10.3. The van der Waals surface area contributed by atoms with E-state index in [2.05, 4.69) is 11.2 Å². The standard InChI is InChI=1S/C10H13NO6S.C10H16O2/c1-16-7-5-3-4-6-8(7)10(13)11(9(6)12)17-18(2,14)15;1-7(11)12-10(2)6-8-3-4-9(10)5-8/h3,5-8H,4H2,1-2H3;8-9H,3-6H2,1-2H3. The molecule has 0 aromatic carbocycles. The summed E-state index contributed by atoms with van der Waals surface area (Å²) in [5.74, 6) is -1.28. The van der Waals surface area contributed by atoms with Gasteiger partial charge in [-0.1, -0.05) is 12.2 Å². The number of methoxy groups -OCH3 is 1. The zero-order chi connectivity index (χ0) is 22.3. The number of amides is 2. The van der Waals surface area contributed by atoms with E-state index in [1.807, 2.05) is 0 Å². The first-order valence-electron chi connectivity index (χ1n) is 10.1. The molecule has 0 N–H and O–H groups in total. The molecule has 3 aliphatic carbocycles. The summed E-state index contributed by atoms with van der Waals surface area (Å²) in [7, 11) is -2.49. The van der Waals surface area contributed by atoms with Gasteiger partial charge in [0, 0.05) is 14.0 Å². The van der Waals surface area contributed by atoms with E-state index in [1.54, 1.807) is 12.2 Å². The summed E-state index contributed by atoms with van der Waals surface area (Å²) in [5.41, 5.74) is -0.116. The zero-order valence-corrected chi connectivity index (χ0v) is 18.5. The van der Waals surface area contributed by atoms with Crippen LogP contribution < -0.4 is 0 Å². The largest absolute Gasteiger partial charge is 0.459 e. The Morgan fingerprint density at radius 3 is 2.43 bits per heavy atom. The maximum atomic E-state index is 12.0. The molecule has 0 radical (unpaired) electrons. The summed E-state index contributed by atoms with van der Waals surface area (Å²) in [5, 5.41) is 0.337. The van der Waals surface area contributed by atoms with Gasteiger partial charge in [-0.05, 0) is 50.9 Å². The summed E-state index contributed by atoms with van der Waals surface area (Å²) in [6.07, 6.45) is 9.03. The van der Waals surface area contributed by atoms with Crippen LogP contribution in [0.5, 0.6) is 0 Å². The van der Waals surface area contributed by atoms with Gasteiger partial charge in [-0.3, -0.25) is 14.4 Å². The Bertz CT molecular complexity index is 853. The topological polar surface area (TPSA) is 116 Å². The van der Waals surface area contributed by atoms with Gasteiger partial charge in [0.15, 0.2) is 0 Å². The number of hydrogen-bond donors (Lipinski definition) is 0. The molecule has 6 unspecified atom stereocenters. The van der Waals surface area contributed by atoms with Gasteiger partial charge in [-0.25, -0.2) is 0 Å². The Kier molecular flexibility index (Phi) is 6.41. The molecule has 168 valence electrons. The zero-order valence-electron chi connectivity index (χ0n) is 17.7. The molecule has 30 heavy (non-hydrogen) atoms. The summed E-state index contributed by atoms with van der Waals surface area (Å²) < 4.78 is 37.0. The van der Waals surface area contributed by atoms with E-state index in [4.69, 9.17) is 9.47 Å².